The summed E-state index contributed by atoms with van der Waals surface area (Å²) in [4.78, 5) is 11.7. The van der Waals surface area contributed by atoms with Crippen LogP contribution in [0.5, 0.6) is 0 Å². The number of nitrogens with one attached hydrogen (secondary N) is 2. The zero-order valence-electron chi connectivity index (χ0n) is 10.4. The Balaban J connectivity index is 2.45. The number of H-pyrrole nitrogens is 1. The molecule has 6 heteroatoms. The molecule has 0 aliphatic rings. The van der Waals surface area contributed by atoms with E-state index in [2.05, 4.69) is 15.5 Å². The fourth-order valence-corrected chi connectivity index (χ4v) is 1.21. The Hall–Kier alpha value is -1.40. The van der Waals surface area contributed by atoms with Crippen molar-refractivity contribution in [2.45, 2.75) is 39.0 Å². The summed E-state index contributed by atoms with van der Waals surface area (Å²) in [6.07, 6.45) is 1.62. The monoisotopic (exact) mass is 241 g/mol. The molecule has 0 aliphatic carbocycles. The fraction of sp³-hybridized carbons (Fsp3) is 0.636. The average molecular weight is 241 g/mol. The van der Waals surface area contributed by atoms with Crippen molar-refractivity contribution in [3.05, 3.63) is 18.0 Å². The number of aromatic amines is 1. The van der Waals surface area contributed by atoms with Gasteiger partial charge >= 0.3 is 5.97 Å². The van der Waals surface area contributed by atoms with Gasteiger partial charge in [-0.1, -0.05) is 0 Å². The normalized spacial score (nSPS) is 13.4. The Kier molecular flexibility index (Phi) is 4.65. The number of hydrogen-bond donors (Lipinski definition) is 3. The Labute approximate surface area is 100 Å². The van der Waals surface area contributed by atoms with Crippen LogP contribution in [0.4, 0.5) is 0 Å². The van der Waals surface area contributed by atoms with Crippen LogP contribution >= 0.6 is 0 Å². The van der Waals surface area contributed by atoms with E-state index in [4.69, 9.17) is 9.84 Å². The number of aliphatic hydroxyl groups is 1. The van der Waals surface area contributed by atoms with E-state index in [1.165, 1.54) is 0 Å². The highest BCUT2D eigenvalue weighted by Crippen LogP contribution is 2.08. The van der Waals surface area contributed by atoms with E-state index in [9.17, 15) is 4.79 Å². The smallest absolute Gasteiger partial charge is 0.326 e. The number of hydrogen-bond acceptors (Lipinski definition) is 5. The molecule has 0 unspecified atom stereocenters. The first-order valence-corrected chi connectivity index (χ1v) is 5.48. The lowest BCUT2D eigenvalue weighted by atomic mass is 10.2. The summed E-state index contributed by atoms with van der Waals surface area (Å²) in [5.41, 5.74) is 0.284. The number of nitrogens with zero attached hydrogens (tertiary/aromatic N) is 1. The molecule has 96 valence electrons. The van der Waals surface area contributed by atoms with Gasteiger partial charge in [0.1, 0.15) is 11.6 Å². The van der Waals surface area contributed by atoms with E-state index in [0.29, 0.717) is 6.54 Å². The molecule has 0 bridgehead atoms. The van der Waals surface area contributed by atoms with Crippen LogP contribution < -0.4 is 5.32 Å². The second-order valence-electron chi connectivity index (χ2n) is 4.73. The summed E-state index contributed by atoms with van der Waals surface area (Å²) in [6, 6.07) is 1.06. The average Bonchev–Trinajstić information content (AvgIpc) is 2.68. The lowest BCUT2D eigenvalue weighted by Gasteiger charge is -2.23. The number of rotatable bonds is 5. The van der Waals surface area contributed by atoms with E-state index in [-0.39, 0.29) is 6.61 Å². The molecule has 0 saturated heterocycles. The highest BCUT2D eigenvalue weighted by molar-refractivity contribution is 5.76. The van der Waals surface area contributed by atoms with E-state index in [0.717, 1.165) is 5.69 Å². The van der Waals surface area contributed by atoms with Crippen molar-refractivity contribution in [1.82, 2.24) is 15.5 Å². The summed E-state index contributed by atoms with van der Waals surface area (Å²) in [5.74, 6) is -0.459. The van der Waals surface area contributed by atoms with Crippen molar-refractivity contribution in [3.63, 3.8) is 0 Å². The number of carbonyl (C=O) groups excluding carboxylic acids is 1. The molecule has 0 aromatic carbocycles. The molecule has 0 amide bonds. The van der Waals surface area contributed by atoms with Gasteiger partial charge in [0, 0.05) is 18.4 Å². The van der Waals surface area contributed by atoms with Crippen molar-refractivity contribution < 1.29 is 14.6 Å². The second-order valence-corrected chi connectivity index (χ2v) is 4.73. The highest BCUT2D eigenvalue weighted by Gasteiger charge is 2.24. The SMILES string of the molecule is CC(C)(C)OC(=O)[C@@H](CO)NCc1ccn[nH]1. The Bertz CT molecular complexity index is 343. The molecular weight excluding hydrogens is 222 g/mol. The van der Waals surface area contributed by atoms with Crippen molar-refractivity contribution in [2.75, 3.05) is 6.61 Å². The molecule has 1 aromatic rings. The van der Waals surface area contributed by atoms with Gasteiger partial charge < -0.3 is 9.84 Å². The van der Waals surface area contributed by atoms with Gasteiger partial charge in [0.15, 0.2) is 0 Å². The number of aliphatic hydroxyl groups excluding tert-OH is 1. The maximum absolute atomic E-state index is 11.7. The third-order valence-corrected chi connectivity index (χ3v) is 1.97. The van der Waals surface area contributed by atoms with Gasteiger partial charge in [-0.15, -0.1) is 0 Å². The van der Waals surface area contributed by atoms with Crippen LogP contribution in [0.2, 0.25) is 0 Å². The number of carbonyl (C=O) groups is 1. The maximum atomic E-state index is 11.7. The summed E-state index contributed by atoms with van der Waals surface area (Å²) in [6.45, 7) is 5.48. The van der Waals surface area contributed by atoms with Gasteiger partial charge in [-0.05, 0) is 26.8 Å². The minimum atomic E-state index is -0.725. The van der Waals surface area contributed by atoms with Gasteiger partial charge in [-0.2, -0.15) is 5.10 Å². The van der Waals surface area contributed by atoms with Crippen LogP contribution in [0.25, 0.3) is 0 Å². The summed E-state index contributed by atoms with van der Waals surface area (Å²) >= 11 is 0. The van der Waals surface area contributed by atoms with Gasteiger partial charge in [-0.25, -0.2) is 0 Å². The third-order valence-electron chi connectivity index (χ3n) is 1.97. The molecule has 1 atom stereocenters. The molecule has 6 nitrogen and oxygen atoms in total. The van der Waals surface area contributed by atoms with Gasteiger partial charge in [0.2, 0.25) is 0 Å². The molecule has 0 aliphatic heterocycles. The lowest BCUT2D eigenvalue weighted by Crippen LogP contribution is -2.43. The quantitative estimate of drug-likeness (QED) is 0.641. The zero-order chi connectivity index (χ0) is 12.9. The first-order valence-electron chi connectivity index (χ1n) is 5.48. The van der Waals surface area contributed by atoms with Crippen LogP contribution in [0, 0.1) is 0 Å². The van der Waals surface area contributed by atoms with Gasteiger partial charge in [0.05, 0.1) is 6.61 Å². The predicted molar refractivity (Wildman–Crippen MR) is 62.1 cm³/mol. The zero-order valence-corrected chi connectivity index (χ0v) is 10.4. The first kappa shape index (κ1) is 13.7. The van der Waals surface area contributed by atoms with Crippen molar-refractivity contribution in [2.24, 2.45) is 0 Å². The summed E-state index contributed by atoms with van der Waals surface area (Å²) < 4.78 is 5.17. The number of ether oxygens (including phenoxy) is 1. The highest BCUT2D eigenvalue weighted by atomic mass is 16.6. The largest absolute Gasteiger partial charge is 0.459 e. The fourth-order valence-electron chi connectivity index (χ4n) is 1.21. The molecule has 1 heterocycles. The molecule has 0 spiro atoms. The maximum Gasteiger partial charge on any atom is 0.326 e. The Morgan fingerprint density at radius 2 is 2.35 bits per heavy atom. The van der Waals surface area contributed by atoms with Gasteiger partial charge in [0.25, 0.3) is 0 Å². The predicted octanol–water partition coefficient (Wildman–Crippen LogP) is 0.202. The van der Waals surface area contributed by atoms with Crippen LogP contribution in [-0.4, -0.2) is 39.5 Å². The molecule has 17 heavy (non-hydrogen) atoms. The van der Waals surface area contributed by atoms with E-state index in [1.807, 2.05) is 0 Å². The van der Waals surface area contributed by atoms with Crippen LogP contribution in [0.3, 0.4) is 0 Å². The second kappa shape index (κ2) is 5.79. The molecule has 3 N–H and O–H groups in total. The van der Waals surface area contributed by atoms with E-state index >= 15 is 0 Å². The Morgan fingerprint density at radius 1 is 1.65 bits per heavy atom. The first-order chi connectivity index (χ1) is 7.92. The molecule has 1 rings (SSSR count). The van der Waals surface area contributed by atoms with Crippen molar-refractivity contribution >= 4 is 5.97 Å². The molecular formula is C11H19N3O3. The van der Waals surface area contributed by atoms with Gasteiger partial charge in [-0.3, -0.25) is 15.2 Å². The lowest BCUT2D eigenvalue weighted by molar-refractivity contribution is -0.158. The minimum absolute atomic E-state index is 0.303. The summed E-state index contributed by atoms with van der Waals surface area (Å²) in [7, 11) is 0. The molecule has 0 saturated carbocycles. The van der Waals surface area contributed by atoms with Crippen molar-refractivity contribution in [1.29, 1.82) is 0 Å². The standard InChI is InChI=1S/C11H19N3O3/c1-11(2,3)17-10(16)9(7-15)12-6-8-4-5-13-14-8/h4-5,9,12,15H,6-7H2,1-3H3,(H,13,14)/t9-/m1/s1. The van der Waals surface area contributed by atoms with Crippen molar-refractivity contribution in [3.8, 4) is 0 Å². The minimum Gasteiger partial charge on any atom is -0.459 e. The molecule has 0 radical (unpaired) electrons. The van der Waals surface area contributed by atoms with E-state index < -0.39 is 17.6 Å². The Morgan fingerprint density at radius 3 is 2.82 bits per heavy atom. The number of esters is 1. The summed E-state index contributed by atoms with van der Waals surface area (Å²) in [5, 5.41) is 18.6. The van der Waals surface area contributed by atoms with Crippen LogP contribution in [0.15, 0.2) is 12.3 Å². The molecule has 1 aromatic heterocycles. The topological polar surface area (TPSA) is 87.2 Å². The van der Waals surface area contributed by atoms with E-state index in [1.54, 1.807) is 33.0 Å². The third kappa shape index (κ3) is 4.97. The van der Waals surface area contributed by atoms with Crippen LogP contribution in [-0.2, 0) is 16.1 Å². The molecule has 0 fully saturated rings. The van der Waals surface area contributed by atoms with Crippen LogP contribution in [0.1, 0.15) is 26.5 Å². The number of aromatic nitrogens is 2.